The van der Waals surface area contributed by atoms with E-state index in [1.54, 1.807) is 4.57 Å². The van der Waals surface area contributed by atoms with Gasteiger partial charge in [0.05, 0.1) is 17.5 Å². The molecule has 0 radical (unpaired) electrons. The topological polar surface area (TPSA) is 76.0 Å². The summed E-state index contributed by atoms with van der Waals surface area (Å²) in [5, 5.41) is 5.61. The highest BCUT2D eigenvalue weighted by Gasteiger charge is 2.34. The Morgan fingerprint density at radius 3 is 2.71 bits per heavy atom. The first-order valence-electron chi connectivity index (χ1n) is 7.81. The average Bonchev–Trinajstić information content (AvgIpc) is 3.10. The maximum Gasteiger partial charge on any atom is 0.250 e. The summed E-state index contributed by atoms with van der Waals surface area (Å²) in [6.07, 6.45) is 0.0893. The molecule has 2 N–H and O–H groups in total. The van der Waals surface area contributed by atoms with Crippen LogP contribution in [0.25, 0.3) is 11.0 Å². The van der Waals surface area contributed by atoms with Crippen LogP contribution in [-0.4, -0.2) is 21.4 Å². The maximum atomic E-state index is 12.3. The molecule has 2 amide bonds. The molecule has 6 heteroatoms. The van der Waals surface area contributed by atoms with E-state index < -0.39 is 6.04 Å². The quantitative estimate of drug-likeness (QED) is 0.774. The summed E-state index contributed by atoms with van der Waals surface area (Å²) in [5.74, 6) is 0.143. The van der Waals surface area contributed by atoms with Gasteiger partial charge in [0.1, 0.15) is 6.04 Å². The summed E-state index contributed by atoms with van der Waals surface area (Å²) in [7, 11) is 0. The fraction of sp³-hybridized carbons (Fsp3) is 0.167. The number of carbonyl (C=O) groups excluding carboxylic acids is 2. The predicted octanol–water partition coefficient (Wildman–Crippen LogP) is 2.24. The highest BCUT2D eigenvalue weighted by Crippen LogP contribution is 2.31. The Balaban J connectivity index is 1.51. The van der Waals surface area contributed by atoms with E-state index in [9.17, 15) is 9.59 Å². The molecule has 24 heavy (non-hydrogen) atoms. The summed E-state index contributed by atoms with van der Waals surface area (Å²) >= 11 is 0. The molecule has 1 aromatic heterocycles. The van der Waals surface area contributed by atoms with E-state index in [0.29, 0.717) is 12.5 Å². The third kappa shape index (κ3) is 2.52. The SMILES string of the molecule is O=C(C[C@H]1C(=O)Nc2nc3ccccc3n21)NCc1ccccc1. The van der Waals surface area contributed by atoms with Crippen molar-refractivity contribution in [1.82, 2.24) is 14.9 Å². The molecule has 1 atom stereocenters. The van der Waals surface area contributed by atoms with Gasteiger partial charge in [-0.1, -0.05) is 42.5 Å². The van der Waals surface area contributed by atoms with Gasteiger partial charge < -0.3 is 5.32 Å². The first-order valence-corrected chi connectivity index (χ1v) is 7.81. The molecule has 3 aromatic rings. The van der Waals surface area contributed by atoms with Crippen molar-refractivity contribution in [3.05, 3.63) is 60.2 Å². The largest absolute Gasteiger partial charge is 0.352 e. The van der Waals surface area contributed by atoms with Crippen LogP contribution in [0.2, 0.25) is 0 Å². The van der Waals surface area contributed by atoms with Crippen molar-refractivity contribution in [2.45, 2.75) is 19.0 Å². The number of anilines is 1. The molecule has 1 aliphatic rings. The summed E-state index contributed by atoms with van der Waals surface area (Å²) < 4.78 is 1.81. The van der Waals surface area contributed by atoms with Gasteiger partial charge in [-0.2, -0.15) is 0 Å². The molecular weight excluding hydrogens is 304 g/mol. The lowest BCUT2D eigenvalue weighted by Gasteiger charge is -2.12. The molecule has 0 saturated carbocycles. The lowest BCUT2D eigenvalue weighted by Crippen LogP contribution is -2.28. The Morgan fingerprint density at radius 1 is 1.12 bits per heavy atom. The van der Waals surface area contributed by atoms with Gasteiger partial charge in [-0.25, -0.2) is 4.98 Å². The number of aromatic nitrogens is 2. The van der Waals surface area contributed by atoms with Gasteiger partial charge in [0.15, 0.2) is 0 Å². The van der Waals surface area contributed by atoms with Crippen molar-refractivity contribution in [2.75, 3.05) is 5.32 Å². The predicted molar refractivity (Wildman–Crippen MR) is 90.3 cm³/mol. The van der Waals surface area contributed by atoms with Crippen LogP contribution in [-0.2, 0) is 16.1 Å². The minimum Gasteiger partial charge on any atom is -0.352 e. The van der Waals surface area contributed by atoms with Crippen molar-refractivity contribution in [3.8, 4) is 0 Å². The number of nitrogens with one attached hydrogen (secondary N) is 2. The van der Waals surface area contributed by atoms with E-state index in [1.807, 2.05) is 54.6 Å². The van der Waals surface area contributed by atoms with Gasteiger partial charge >= 0.3 is 0 Å². The molecule has 0 bridgehead atoms. The number of imidazole rings is 1. The molecule has 120 valence electrons. The second-order valence-corrected chi connectivity index (χ2v) is 5.77. The summed E-state index contributed by atoms with van der Waals surface area (Å²) in [6.45, 7) is 0.450. The number of benzene rings is 2. The van der Waals surface area contributed by atoms with Crippen LogP contribution < -0.4 is 10.6 Å². The Hall–Kier alpha value is -3.15. The molecular formula is C18H16N4O2. The minimum atomic E-state index is -0.567. The van der Waals surface area contributed by atoms with Gasteiger partial charge in [0.2, 0.25) is 17.8 Å². The fourth-order valence-corrected chi connectivity index (χ4v) is 2.99. The van der Waals surface area contributed by atoms with Crippen molar-refractivity contribution in [1.29, 1.82) is 0 Å². The Morgan fingerprint density at radius 2 is 1.88 bits per heavy atom. The van der Waals surface area contributed by atoms with E-state index in [4.69, 9.17) is 0 Å². The van der Waals surface area contributed by atoms with Crippen LogP contribution in [0.5, 0.6) is 0 Å². The summed E-state index contributed by atoms with van der Waals surface area (Å²) in [4.78, 5) is 28.8. The lowest BCUT2D eigenvalue weighted by molar-refractivity contribution is -0.126. The van der Waals surface area contributed by atoms with E-state index in [0.717, 1.165) is 16.6 Å². The zero-order valence-electron chi connectivity index (χ0n) is 12.9. The fourth-order valence-electron chi connectivity index (χ4n) is 2.99. The number of rotatable bonds is 4. The number of para-hydroxylation sites is 2. The smallest absolute Gasteiger partial charge is 0.250 e. The van der Waals surface area contributed by atoms with Crippen molar-refractivity contribution in [3.63, 3.8) is 0 Å². The molecule has 2 aromatic carbocycles. The Bertz CT molecular complexity index is 917. The molecule has 0 fully saturated rings. The zero-order valence-corrected chi connectivity index (χ0v) is 12.9. The number of nitrogens with zero attached hydrogens (tertiary/aromatic N) is 2. The zero-order chi connectivity index (χ0) is 16.5. The number of carbonyl (C=O) groups is 2. The normalized spacial score (nSPS) is 16.0. The van der Waals surface area contributed by atoms with Crippen molar-refractivity contribution < 1.29 is 9.59 Å². The van der Waals surface area contributed by atoms with Gasteiger partial charge in [0, 0.05) is 6.54 Å². The summed E-state index contributed by atoms with van der Waals surface area (Å²) in [6, 6.07) is 16.7. The van der Waals surface area contributed by atoms with Crippen LogP contribution in [0.1, 0.15) is 18.0 Å². The second kappa shape index (κ2) is 5.81. The molecule has 6 nitrogen and oxygen atoms in total. The van der Waals surface area contributed by atoms with Gasteiger partial charge in [-0.3, -0.25) is 19.5 Å². The van der Waals surface area contributed by atoms with Gasteiger partial charge in [-0.15, -0.1) is 0 Å². The highest BCUT2D eigenvalue weighted by atomic mass is 16.2. The number of fused-ring (bicyclic) bond motifs is 3. The van der Waals surface area contributed by atoms with Gasteiger partial charge in [0.25, 0.3) is 0 Å². The molecule has 4 rings (SSSR count). The van der Waals surface area contributed by atoms with Crippen molar-refractivity contribution >= 4 is 28.8 Å². The van der Waals surface area contributed by atoms with E-state index in [-0.39, 0.29) is 18.2 Å². The highest BCUT2D eigenvalue weighted by molar-refractivity contribution is 6.01. The molecule has 0 spiro atoms. The molecule has 2 heterocycles. The minimum absolute atomic E-state index is 0.0893. The number of hydrogen-bond acceptors (Lipinski definition) is 3. The third-order valence-electron chi connectivity index (χ3n) is 4.16. The summed E-state index contributed by atoms with van der Waals surface area (Å²) in [5.41, 5.74) is 2.68. The molecule has 1 aliphatic heterocycles. The molecule has 0 saturated heterocycles. The lowest BCUT2D eigenvalue weighted by atomic mass is 10.1. The average molecular weight is 320 g/mol. The van der Waals surface area contributed by atoms with E-state index in [2.05, 4.69) is 15.6 Å². The van der Waals surface area contributed by atoms with Crippen LogP contribution in [0.3, 0.4) is 0 Å². The number of amides is 2. The Kier molecular flexibility index (Phi) is 3.49. The first-order chi connectivity index (χ1) is 11.7. The van der Waals surface area contributed by atoms with Crippen molar-refractivity contribution in [2.24, 2.45) is 0 Å². The van der Waals surface area contributed by atoms with E-state index >= 15 is 0 Å². The standard InChI is InChI=1S/C18H16N4O2/c23-16(19-11-12-6-2-1-3-7-12)10-15-17(24)21-18-20-13-8-4-5-9-14(13)22(15)18/h1-9,15H,10-11H2,(H,19,23)(H,20,21,24)/t15-/m0/s1. The van der Waals surface area contributed by atoms with Crippen LogP contribution in [0.4, 0.5) is 5.95 Å². The Labute approximate surface area is 138 Å². The monoisotopic (exact) mass is 320 g/mol. The van der Waals surface area contributed by atoms with Crippen LogP contribution in [0, 0.1) is 0 Å². The molecule has 0 aliphatic carbocycles. The van der Waals surface area contributed by atoms with E-state index in [1.165, 1.54) is 0 Å². The van der Waals surface area contributed by atoms with Crippen LogP contribution in [0.15, 0.2) is 54.6 Å². The number of hydrogen-bond donors (Lipinski definition) is 2. The maximum absolute atomic E-state index is 12.3. The van der Waals surface area contributed by atoms with Gasteiger partial charge in [-0.05, 0) is 17.7 Å². The van der Waals surface area contributed by atoms with Crippen LogP contribution >= 0.6 is 0 Å². The first kappa shape index (κ1) is 14.4. The third-order valence-corrected chi connectivity index (χ3v) is 4.16. The second-order valence-electron chi connectivity index (χ2n) is 5.77. The molecule has 0 unspecified atom stereocenters.